The van der Waals surface area contributed by atoms with Crippen LogP contribution in [0.3, 0.4) is 0 Å². The van der Waals surface area contributed by atoms with Crippen molar-refractivity contribution in [2.45, 2.75) is 239 Å². The lowest BCUT2D eigenvalue weighted by molar-refractivity contribution is -0.160. The van der Waals surface area contributed by atoms with Crippen LogP contribution < -0.4 is 0 Å². The Morgan fingerprint density at radius 1 is 0.480 bits per heavy atom. The van der Waals surface area contributed by atoms with Gasteiger partial charge >= 0.3 is 11.9 Å². The summed E-state index contributed by atoms with van der Waals surface area (Å²) in [6.07, 6.45) is 36.5. The molecule has 1 N–H and O–H groups in total. The van der Waals surface area contributed by atoms with Crippen LogP contribution in [0.15, 0.2) is 0 Å². The van der Waals surface area contributed by atoms with Crippen molar-refractivity contribution < 1.29 is 24.2 Å². The molecular formula is C44H87NO5. The molecule has 0 aliphatic carbocycles. The molecule has 0 spiro atoms. The second-order valence-electron chi connectivity index (χ2n) is 15.5. The summed E-state index contributed by atoms with van der Waals surface area (Å²) in [5.74, 6) is -0.0322. The Balaban J connectivity index is 4.06. The third kappa shape index (κ3) is 34.0. The minimum absolute atomic E-state index is 0.00187. The van der Waals surface area contributed by atoms with Gasteiger partial charge in [0.25, 0.3) is 0 Å². The summed E-state index contributed by atoms with van der Waals surface area (Å²) in [5, 5.41) is 9.55. The first-order valence-corrected chi connectivity index (χ1v) is 22.1. The first-order valence-electron chi connectivity index (χ1n) is 22.1. The lowest BCUT2D eigenvalue weighted by Crippen LogP contribution is -2.32. The standard InChI is InChI=1S/C44H87NO5/c1-5-8-11-14-21-28-35-44(4,36-29-22-15-12-9-6-2)50-43(48)34-27-20-18-24-31-38-45(39-40-46)37-30-23-17-19-26-33-42(47)49-41-32-25-16-13-10-7-3/h46H,5-41H2,1-4H3. The van der Waals surface area contributed by atoms with E-state index in [2.05, 4.69) is 32.6 Å². The average Bonchev–Trinajstić information content (AvgIpc) is 3.10. The molecule has 0 rings (SSSR count). The Labute approximate surface area is 312 Å². The van der Waals surface area contributed by atoms with Crippen molar-refractivity contribution in [2.75, 3.05) is 32.8 Å². The van der Waals surface area contributed by atoms with Crippen LogP contribution in [-0.2, 0) is 19.1 Å². The number of carbonyl (C=O) groups excluding carboxylic acids is 2. The van der Waals surface area contributed by atoms with Gasteiger partial charge in [-0.15, -0.1) is 0 Å². The molecule has 0 amide bonds. The van der Waals surface area contributed by atoms with Gasteiger partial charge in [-0.1, -0.05) is 156 Å². The smallest absolute Gasteiger partial charge is 0.306 e. The molecule has 0 bridgehead atoms. The molecule has 50 heavy (non-hydrogen) atoms. The molecule has 0 unspecified atom stereocenters. The van der Waals surface area contributed by atoms with E-state index in [4.69, 9.17) is 9.47 Å². The number of aliphatic hydroxyl groups is 1. The molecule has 6 nitrogen and oxygen atoms in total. The zero-order valence-electron chi connectivity index (χ0n) is 34.2. The Hall–Kier alpha value is -1.14. The van der Waals surface area contributed by atoms with Gasteiger partial charge in [0.05, 0.1) is 13.2 Å². The topological polar surface area (TPSA) is 76.1 Å². The molecule has 0 aliphatic heterocycles. The molecule has 0 fully saturated rings. The number of ether oxygens (including phenoxy) is 2. The van der Waals surface area contributed by atoms with Crippen molar-refractivity contribution in [2.24, 2.45) is 0 Å². The van der Waals surface area contributed by atoms with Crippen LogP contribution in [-0.4, -0.2) is 60.4 Å². The van der Waals surface area contributed by atoms with Crippen LogP contribution in [0.1, 0.15) is 233 Å². The maximum absolute atomic E-state index is 12.9. The summed E-state index contributed by atoms with van der Waals surface area (Å²) in [5.41, 5.74) is -0.302. The molecule has 0 saturated heterocycles. The summed E-state index contributed by atoms with van der Waals surface area (Å²) < 4.78 is 11.6. The SMILES string of the molecule is CCCCCCCCOC(=O)CCCCCCCN(CCO)CCCCCCCC(=O)OC(C)(CCCCCCCC)CCCCCCCC. The zero-order chi connectivity index (χ0) is 36.8. The minimum atomic E-state index is -0.302. The van der Waals surface area contributed by atoms with Gasteiger partial charge in [-0.25, -0.2) is 0 Å². The molecule has 0 heterocycles. The van der Waals surface area contributed by atoms with Gasteiger partial charge in [-0.2, -0.15) is 0 Å². The fourth-order valence-electron chi connectivity index (χ4n) is 7.00. The van der Waals surface area contributed by atoms with E-state index in [0.29, 0.717) is 19.4 Å². The second-order valence-corrected chi connectivity index (χ2v) is 15.5. The van der Waals surface area contributed by atoms with E-state index < -0.39 is 0 Å². The Morgan fingerprint density at radius 3 is 1.32 bits per heavy atom. The van der Waals surface area contributed by atoms with Gasteiger partial charge in [0.15, 0.2) is 0 Å². The summed E-state index contributed by atoms with van der Waals surface area (Å²) in [6.45, 7) is 12.5. The van der Waals surface area contributed by atoms with Crippen molar-refractivity contribution in [1.82, 2.24) is 4.90 Å². The monoisotopic (exact) mass is 710 g/mol. The summed E-state index contributed by atoms with van der Waals surface area (Å²) in [6, 6.07) is 0. The van der Waals surface area contributed by atoms with Crippen LogP contribution in [0.5, 0.6) is 0 Å². The van der Waals surface area contributed by atoms with Crippen LogP contribution in [0.25, 0.3) is 0 Å². The van der Waals surface area contributed by atoms with E-state index in [1.54, 1.807) is 0 Å². The number of nitrogens with zero attached hydrogens (tertiary/aromatic N) is 1. The predicted octanol–water partition coefficient (Wildman–Crippen LogP) is 12.7. The van der Waals surface area contributed by atoms with E-state index in [1.165, 1.54) is 103 Å². The molecule has 0 aromatic carbocycles. The molecule has 0 atom stereocenters. The highest BCUT2D eigenvalue weighted by atomic mass is 16.6. The number of hydrogen-bond donors (Lipinski definition) is 1. The number of aliphatic hydroxyl groups excluding tert-OH is 1. The summed E-state index contributed by atoms with van der Waals surface area (Å²) >= 11 is 0. The fourth-order valence-corrected chi connectivity index (χ4v) is 7.00. The number of hydrogen-bond acceptors (Lipinski definition) is 6. The van der Waals surface area contributed by atoms with Crippen LogP contribution in [0, 0.1) is 0 Å². The van der Waals surface area contributed by atoms with E-state index in [-0.39, 0.29) is 24.1 Å². The highest BCUT2D eigenvalue weighted by Gasteiger charge is 2.27. The number of unbranched alkanes of at least 4 members (excludes halogenated alkanes) is 23. The quantitative estimate of drug-likeness (QED) is 0.0504. The Kier molecular flexibility index (Phi) is 36.8. The lowest BCUT2D eigenvalue weighted by atomic mass is 9.91. The number of rotatable bonds is 40. The van der Waals surface area contributed by atoms with Crippen LogP contribution in [0.4, 0.5) is 0 Å². The number of esters is 2. The average molecular weight is 710 g/mol. The number of carbonyl (C=O) groups is 2. The molecular weight excluding hydrogens is 622 g/mol. The Morgan fingerprint density at radius 2 is 0.860 bits per heavy atom. The van der Waals surface area contributed by atoms with Crippen LogP contribution >= 0.6 is 0 Å². The largest absolute Gasteiger partial charge is 0.466 e. The van der Waals surface area contributed by atoms with Gasteiger partial charge in [0.2, 0.25) is 0 Å². The molecule has 0 radical (unpaired) electrons. The maximum atomic E-state index is 12.9. The molecule has 6 heteroatoms. The van der Waals surface area contributed by atoms with Gasteiger partial charge in [0.1, 0.15) is 5.60 Å². The zero-order valence-corrected chi connectivity index (χ0v) is 34.2. The lowest BCUT2D eigenvalue weighted by Gasteiger charge is -2.30. The third-order valence-corrected chi connectivity index (χ3v) is 10.4. The van der Waals surface area contributed by atoms with Crippen LogP contribution in [0.2, 0.25) is 0 Å². The first-order chi connectivity index (χ1) is 24.4. The summed E-state index contributed by atoms with van der Waals surface area (Å²) in [4.78, 5) is 27.2. The summed E-state index contributed by atoms with van der Waals surface area (Å²) in [7, 11) is 0. The fraction of sp³-hybridized carbons (Fsp3) is 0.955. The molecule has 0 aromatic heterocycles. The molecule has 0 aromatic rings. The molecule has 0 saturated carbocycles. The van der Waals surface area contributed by atoms with Gasteiger partial charge in [-0.05, 0) is 77.8 Å². The van der Waals surface area contributed by atoms with Crippen molar-refractivity contribution in [1.29, 1.82) is 0 Å². The first kappa shape index (κ1) is 48.9. The molecule has 0 aliphatic rings. The van der Waals surface area contributed by atoms with Crippen molar-refractivity contribution in [3.63, 3.8) is 0 Å². The van der Waals surface area contributed by atoms with Crippen molar-refractivity contribution in [3.05, 3.63) is 0 Å². The third-order valence-electron chi connectivity index (χ3n) is 10.4. The molecule has 298 valence electrons. The van der Waals surface area contributed by atoms with E-state index in [1.807, 2.05) is 0 Å². The van der Waals surface area contributed by atoms with Crippen molar-refractivity contribution in [3.8, 4) is 0 Å². The van der Waals surface area contributed by atoms with Gasteiger partial charge < -0.3 is 19.5 Å². The predicted molar refractivity (Wildman–Crippen MR) is 214 cm³/mol. The Bertz CT molecular complexity index is 713. The highest BCUT2D eigenvalue weighted by molar-refractivity contribution is 5.70. The van der Waals surface area contributed by atoms with Gasteiger partial charge in [0, 0.05) is 19.4 Å². The van der Waals surface area contributed by atoms with Crippen molar-refractivity contribution >= 4 is 11.9 Å². The van der Waals surface area contributed by atoms with E-state index in [0.717, 1.165) is 110 Å². The highest BCUT2D eigenvalue weighted by Crippen LogP contribution is 2.28. The van der Waals surface area contributed by atoms with E-state index >= 15 is 0 Å². The van der Waals surface area contributed by atoms with Gasteiger partial charge in [-0.3, -0.25) is 9.59 Å². The second kappa shape index (κ2) is 37.6. The minimum Gasteiger partial charge on any atom is -0.466 e. The van der Waals surface area contributed by atoms with E-state index in [9.17, 15) is 14.7 Å². The maximum Gasteiger partial charge on any atom is 0.306 e. The normalized spacial score (nSPS) is 11.8.